The van der Waals surface area contributed by atoms with Crippen LogP contribution in [0, 0.1) is 6.92 Å². The summed E-state index contributed by atoms with van der Waals surface area (Å²) < 4.78 is 0. The van der Waals surface area contributed by atoms with E-state index in [2.05, 4.69) is 55.5 Å². The number of hydrogen-bond donors (Lipinski definition) is 1. The molecule has 2 aromatic carbocycles. The van der Waals surface area contributed by atoms with Gasteiger partial charge in [0.05, 0.1) is 0 Å². The molecule has 0 aliphatic heterocycles. The van der Waals surface area contributed by atoms with Gasteiger partial charge in [0.15, 0.2) is 0 Å². The van der Waals surface area contributed by atoms with Crippen LogP contribution in [0.2, 0.25) is 0 Å². The van der Waals surface area contributed by atoms with Crippen molar-refractivity contribution in [3.8, 4) is 0 Å². The number of benzene rings is 2. The molecule has 0 radical (unpaired) electrons. The molecule has 16 heavy (non-hydrogen) atoms. The van der Waals surface area contributed by atoms with Gasteiger partial charge >= 0.3 is 0 Å². The van der Waals surface area contributed by atoms with Crippen molar-refractivity contribution in [2.75, 3.05) is 0 Å². The molecule has 0 spiro atoms. The first-order valence-electron chi connectivity index (χ1n) is 5.61. The summed E-state index contributed by atoms with van der Waals surface area (Å²) in [6, 6.07) is 17.1. The van der Waals surface area contributed by atoms with Gasteiger partial charge in [0.1, 0.15) is 0 Å². The minimum absolute atomic E-state index is 0.613. The van der Waals surface area contributed by atoms with Crippen LogP contribution in [0.5, 0.6) is 0 Å². The number of nitrogens with two attached hydrogens (primary N) is 1. The predicted molar refractivity (Wildman–Crippen MR) is 68.3 cm³/mol. The summed E-state index contributed by atoms with van der Waals surface area (Å²) in [5.41, 5.74) is 10.8. The topological polar surface area (TPSA) is 26.0 Å². The molecular formula is C15H17N. The molecule has 0 bridgehead atoms. The van der Waals surface area contributed by atoms with E-state index in [1.807, 2.05) is 0 Å². The minimum Gasteiger partial charge on any atom is -0.326 e. The molecule has 0 amide bonds. The second-order valence-corrected chi connectivity index (χ2v) is 4.19. The second-order valence-electron chi connectivity index (χ2n) is 4.19. The molecule has 1 nitrogen and oxygen atoms in total. The maximum atomic E-state index is 5.64. The van der Waals surface area contributed by atoms with E-state index in [4.69, 9.17) is 5.73 Å². The molecule has 0 aromatic heterocycles. The average molecular weight is 211 g/mol. The Kier molecular flexibility index (Phi) is 3.37. The van der Waals surface area contributed by atoms with E-state index in [1.165, 1.54) is 22.3 Å². The van der Waals surface area contributed by atoms with E-state index in [0.717, 1.165) is 6.42 Å². The SMILES string of the molecule is Cc1cccc(Cc2cccc(CN)c2)c1. The summed E-state index contributed by atoms with van der Waals surface area (Å²) in [4.78, 5) is 0. The first-order valence-corrected chi connectivity index (χ1v) is 5.61. The maximum Gasteiger partial charge on any atom is 0.0178 e. The fourth-order valence-corrected chi connectivity index (χ4v) is 1.92. The number of hydrogen-bond acceptors (Lipinski definition) is 1. The van der Waals surface area contributed by atoms with Gasteiger partial charge in [0, 0.05) is 6.54 Å². The lowest BCUT2D eigenvalue weighted by atomic mass is 10.0. The Bertz CT molecular complexity index is 474. The van der Waals surface area contributed by atoms with E-state index >= 15 is 0 Å². The number of aryl methyl sites for hydroxylation is 1. The van der Waals surface area contributed by atoms with Crippen molar-refractivity contribution < 1.29 is 0 Å². The average Bonchev–Trinajstić information content (AvgIpc) is 2.29. The van der Waals surface area contributed by atoms with Crippen molar-refractivity contribution in [3.63, 3.8) is 0 Å². The van der Waals surface area contributed by atoms with Crippen LogP contribution in [0.15, 0.2) is 48.5 Å². The van der Waals surface area contributed by atoms with Gasteiger partial charge in [-0.2, -0.15) is 0 Å². The third kappa shape index (κ3) is 2.71. The zero-order valence-electron chi connectivity index (χ0n) is 9.61. The summed E-state index contributed by atoms with van der Waals surface area (Å²) in [6.07, 6.45) is 0.982. The van der Waals surface area contributed by atoms with Crippen molar-refractivity contribution in [1.29, 1.82) is 0 Å². The summed E-state index contributed by atoms with van der Waals surface area (Å²) in [7, 11) is 0. The molecule has 0 saturated heterocycles. The van der Waals surface area contributed by atoms with Gasteiger partial charge < -0.3 is 5.73 Å². The van der Waals surface area contributed by atoms with Gasteiger partial charge in [0.2, 0.25) is 0 Å². The Morgan fingerprint density at radius 1 is 0.875 bits per heavy atom. The molecular weight excluding hydrogens is 194 g/mol. The lowest BCUT2D eigenvalue weighted by Gasteiger charge is -2.05. The molecule has 2 rings (SSSR count). The van der Waals surface area contributed by atoms with E-state index in [1.54, 1.807) is 0 Å². The molecule has 2 aromatic rings. The van der Waals surface area contributed by atoms with Crippen LogP contribution in [0.3, 0.4) is 0 Å². The van der Waals surface area contributed by atoms with Gasteiger partial charge in [-0.3, -0.25) is 0 Å². The van der Waals surface area contributed by atoms with Crippen LogP contribution in [0.4, 0.5) is 0 Å². The fraction of sp³-hybridized carbons (Fsp3) is 0.200. The Morgan fingerprint density at radius 3 is 2.19 bits per heavy atom. The van der Waals surface area contributed by atoms with Crippen molar-refractivity contribution >= 4 is 0 Å². The predicted octanol–water partition coefficient (Wildman–Crippen LogP) is 3.04. The lowest BCUT2D eigenvalue weighted by molar-refractivity contribution is 1.05. The third-order valence-corrected chi connectivity index (χ3v) is 2.72. The molecule has 0 unspecified atom stereocenters. The molecule has 0 saturated carbocycles. The highest BCUT2D eigenvalue weighted by Gasteiger charge is 1.97. The molecule has 0 aliphatic carbocycles. The van der Waals surface area contributed by atoms with Crippen LogP contribution in [-0.4, -0.2) is 0 Å². The zero-order valence-corrected chi connectivity index (χ0v) is 9.61. The molecule has 2 N–H and O–H groups in total. The zero-order chi connectivity index (χ0) is 11.4. The monoisotopic (exact) mass is 211 g/mol. The second kappa shape index (κ2) is 4.95. The fourth-order valence-electron chi connectivity index (χ4n) is 1.92. The van der Waals surface area contributed by atoms with E-state index in [0.29, 0.717) is 6.54 Å². The Hall–Kier alpha value is -1.60. The molecule has 1 heteroatoms. The summed E-state index contributed by atoms with van der Waals surface area (Å²) in [5.74, 6) is 0. The Balaban J connectivity index is 2.20. The quantitative estimate of drug-likeness (QED) is 0.829. The van der Waals surface area contributed by atoms with Crippen LogP contribution in [-0.2, 0) is 13.0 Å². The Morgan fingerprint density at radius 2 is 1.50 bits per heavy atom. The highest BCUT2D eigenvalue weighted by Crippen LogP contribution is 2.12. The lowest BCUT2D eigenvalue weighted by Crippen LogP contribution is -1.97. The highest BCUT2D eigenvalue weighted by atomic mass is 14.5. The highest BCUT2D eigenvalue weighted by molar-refractivity contribution is 5.31. The normalized spacial score (nSPS) is 10.4. The third-order valence-electron chi connectivity index (χ3n) is 2.72. The van der Waals surface area contributed by atoms with Gasteiger partial charge in [-0.15, -0.1) is 0 Å². The standard InChI is InChI=1S/C15H17N/c1-12-4-2-5-13(8-12)9-14-6-3-7-15(10-14)11-16/h2-8,10H,9,11,16H2,1H3. The van der Waals surface area contributed by atoms with Gasteiger partial charge in [-0.05, 0) is 30.0 Å². The molecule has 0 fully saturated rings. The maximum absolute atomic E-state index is 5.64. The van der Waals surface area contributed by atoms with Gasteiger partial charge in [0.25, 0.3) is 0 Å². The van der Waals surface area contributed by atoms with Crippen molar-refractivity contribution in [2.45, 2.75) is 19.9 Å². The van der Waals surface area contributed by atoms with Crippen molar-refractivity contribution in [3.05, 3.63) is 70.8 Å². The summed E-state index contributed by atoms with van der Waals surface area (Å²) in [5, 5.41) is 0. The van der Waals surface area contributed by atoms with Gasteiger partial charge in [-0.25, -0.2) is 0 Å². The van der Waals surface area contributed by atoms with Crippen LogP contribution in [0.25, 0.3) is 0 Å². The van der Waals surface area contributed by atoms with Gasteiger partial charge in [-0.1, -0.05) is 54.1 Å². The first kappa shape index (κ1) is 10.9. The smallest absolute Gasteiger partial charge is 0.0178 e. The molecule has 82 valence electrons. The van der Waals surface area contributed by atoms with Crippen molar-refractivity contribution in [2.24, 2.45) is 5.73 Å². The molecule has 0 heterocycles. The van der Waals surface area contributed by atoms with E-state index < -0.39 is 0 Å². The minimum atomic E-state index is 0.613. The van der Waals surface area contributed by atoms with Crippen LogP contribution in [0.1, 0.15) is 22.3 Å². The van der Waals surface area contributed by atoms with Crippen LogP contribution < -0.4 is 5.73 Å². The summed E-state index contributed by atoms with van der Waals surface area (Å²) >= 11 is 0. The van der Waals surface area contributed by atoms with Crippen molar-refractivity contribution in [1.82, 2.24) is 0 Å². The summed E-state index contributed by atoms with van der Waals surface area (Å²) in [6.45, 7) is 2.74. The van der Waals surface area contributed by atoms with E-state index in [-0.39, 0.29) is 0 Å². The number of rotatable bonds is 3. The van der Waals surface area contributed by atoms with Crippen LogP contribution >= 0.6 is 0 Å². The molecule has 0 atom stereocenters. The first-order chi connectivity index (χ1) is 7.78. The van der Waals surface area contributed by atoms with E-state index in [9.17, 15) is 0 Å². The Labute approximate surface area is 96.9 Å². The largest absolute Gasteiger partial charge is 0.326 e. The molecule has 0 aliphatic rings.